The predicted octanol–water partition coefficient (Wildman–Crippen LogP) is 3.65. The topological polar surface area (TPSA) is 135 Å². The Balaban J connectivity index is 1.91. The van der Waals surface area contributed by atoms with Gasteiger partial charge >= 0.3 is 11.9 Å². The number of carbonyl (C=O) groups excluding carboxylic acids is 4. The molecule has 0 aromatic heterocycles. The number of allylic oxidation sites excluding steroid dienone is 1. The van der Waals surface area contributed by atoms with Gasteiger partial charge in [0.2, 0.25) is 11.8 Å². The normalized spacial score (nSPS) is 17.0. The molecule has 0 spiro atoms. The van der Waals surface area contributed by atoms with Gasteiger partial charge in [-0.2, -0.15) is 5.26 Å². The van der Waals surface area contributed by atoms with Crippen LogP contribution in [0.25, 0.3) is 0 Å². The number of thioether (sulfide) groups is 1. The number of halogens is 1. The van der Waals surface area contributed by atoms with Crippen molar-refractivity contribution in [2.24, 2.45) is 5.92 Å². The smallest absolute Gasteiger partial charge is 0.337 e. The van der Waals surface area contributed by atoms with E-state index in [1.165, 1.54) is 19.2 Å². The SMILES string of the molecule is COC(=O)c1ccc([C@H]2C(C#N)=C(SCC(=O)Nc3ccc(C)cc3Br)NC(=O)[C@H]2C(=O)OC)cc1. The molecule has 1 heterocycles. The molecule has 2 N–H and O–H groups in total. The number of hydrogen-bond acceptors (Lipinski definition) is 8. The lowest BCUT2D eigenvalue weighted by Gasteiger charge is -2.31. The Hall–Kier alpha value is -3.62. The number of nitrogens with one attached hydrogen (secondary N) is 2. The minimum Gasteiger partial charge on any atom is -0.468 e. The van der Waals surface area contributed by atoms with Crippen LogP contribution in [0.2, 0.25) is 0 Å². The highest BCUT2D eigenvalue weighted by Gasteiger charge is 2.44. The van der Waals surface area contributed by atoms with Crippen LogP contribution in [0.4, 0.5) is 5.69 Å². The summed E-state index contributed by atoms with van der Waals surface area (Å²) in [4.78, 5) is 49.8. The first-order valence-corrected chi connectivity index (χ1v) is 12.4. The molecule has 1 aliphatic rings. The van der Waals surface area contributed by atoms with Gasteiger partial charge in [-0.25, -0.2) is 4.79 Å². The van der Waals surface area contributed by atoms with E-state index in [0.29, 0.717) is 11.3 Å². The minimum absolute atomic E-state index is 0.0992. The number of anilines is 1. The van der Waals surface area contributed by atoms with E-state index in [4.69, 9.17) is 9.47 Å². The summed E-state index contributed by atoms with van der Waals surface area (Å²) in [6.07, 6.45) is 0. The molecule has 2 amide bonds. The van der Waals surface area contributed by atoms with Crippen molar-refractivity contribution in [2.75, 3.05) is 25.3 Å². The molecule has 9 nitrogen and oxygen atoms in total. The van der Waals surface area contributed by atoms with Gasteiger partial charge in [0, 0.05) is 10.4 Å². The van der Waals surface area contributed by atoms with Gasteiger partial charge in [-0.15, -0.1) is 0 Å². The fraction of sp³-hybridized carbons (Fsp3) is 0.240. The van der Waals surface area contributed by atoms with Crippen LogP contribution in [-0.4, -0.2) is 43.7 Å². The molecule has 186 valence electrons. The summed E-state index contributed by atoms with van der Waals surface area (Å²) in [7, 11) is 2.41. The van der Waals surface area contributed by atoms with Crippen LogP contribution in [0.15, 0.2) is 57.5 Å². The van der Waals surface area contributed by atoms with Crippen LogP contribution in [0.1, 0.15) is 27.4 Å². The van der Waals surface area contributed by atoms with Crippen LogP contribution in [-0.2, 0) is 23.9 Å². The maximum absolute atomic E-state index is 12.9. The highest BCUT2D eigenvalue weighted by atomic mass is 79.9. The third-order valence-electron chi connectivity index (χ3n) is 5.42. The Morgan fingerprint density at radius 2 is 1.83 bits per heavy atom. The zero-order chi connectivity index (χ0) is 26.4. The van der Waals surface area contributed by atoms with Crippen molar-refractivity contribution in [2.45, 2.75) is 12.8 Å². The van der Waals surface area contributed by atoms with E-state index >= 15 is 0 Å². The summed E-state index contributed by atoms with van der Waals surface area (Å²) in [6.45, 7) is 1.93. The number of nitriles is 1. The Bertz CT molecular complexity index is 1290. The first-order chi connectivity index (χ1) is 17.2. The molecule has 1 aliphatic heterocycles. The molecule has 0 saturated heterocycles. The van der Waals surface area contributed by atoms with Crippen molar-refractivity contribution in [1.29, 1.82) is 5.26 Å². The number of rotatable bonds is 7. The molecular formula is C25H22BrN3O6S. The van der Waals surface area contributed by atoms with E-state index in [1.54, 1.807) is 18.2 Å². The molecule has 3 rings (SSSR count). The second-order valence-electron chi connectivity index (χ2n) is 7.76. The maximum atomic E-state index is 12.9. The highest BCUT2D eigenvalue weighted by Crippen LogP contribution is 2.40. The van der Waals surface area contributed by atoms with Gasteiger partial charge in [0.15, 0.2) is 0 Å². The van der Waals surface area contributed by atoms with E-state index in [2.05, 4.69) is 32.6 Å². The largest absolute Gasteiger partial charge is 0.468 e. The fourth-order valence-electron chi connectivity index (χ4n) is 3.67. The number of esters is 2. The minimum atomic E-state index is -1.32. The second-order valence-corrected chi connectivity index (χ2v) is 9.60. The maximum Gasteiger partial charge on any atom is 0.337 e. The van der Waals surface area contributed by atoms with Gasteiger partial charge in [-0.05, 0) is 58.2 Å². The summed E-state index contributed by atoms with van der Waals surface area (Å²) >= 11 is 4.38. The summed E-state index contributed by atoms with van der Waals surface area (Å²) < 4.78 is 10.2. The van der Waals surface area contributed by atoms with Crippen LogP contribution >= 0.6 is 27.7 Å². The first kappa shape index (κ1) is 27.0. The van der Waals surface area contributed by atoms with Crippen LogP contribution < -0.4 is 10.6 Å². The van der Waals surface area contributed by atoms with Crippen LogP contribution in [0.3, 0.4) is 0 Å². The van der Waals surface area contributed by atoms with E-state index in [1.807, 2.05) is 19.1 Å². The van der Waals surface area contributed by atoms with Crippen molar-refractivity contribution in [3.05, 3.63) is 74.2 Å². The lowest BCUT2D eigenvalue weighted by molar-refractivity contribution is -0.150. The number of nitrogens with zero attached hydrogens (tertiary/aromatic N) is 1. The number of ether oxygens (including phenoxy) is 2. The molecule has 0 aliphatic carbocycles. The second kappa shape index (κ2) is 11.9. The quantitative estimate of drug-likeness (QED) is 0.379. The average Bonchev–Trinajstić information content (AvgIpc) is 2.87. The van der Waals surface area contributed by atoms with E-state index < -0.39 is 29.7 Å². The van der Waals surface area contributed by atoms with Crippen molar-refractivity contribution < 1.29 is 28.7 Å². The average molecular weight is 572 g/mol. The Morgan fingerprint density at radius 3 is 2.42 bits per heavy atom. The summed E-state index contributed by atoms with van der Waals surface area (Å²) in [5, 5.41) is 15.5. The monoisotopic (exact) mass is 571 g/mol. The number of methoxy groups -OCH3 is 2. The van der Waals surface area contributed by atoms with Gasteiger partial charge in [0.05, 0.1) is 47.9 Å². The van der Waals surface area contributed by atoms with Crippen molar-refractivity contribution in [3.63, 3.8) is 0 Å². The Kier molecular flexibility index (Phi) is 8.90. The van der Waals surface area contributed by atoms with Gasteiger partial charge in [0.25, 0.3) is 0 Å². The van der Waals surface area contributed by atoms with Gasteiger partial charge in [0.1, 0.15) is 5.92 Å². The van der Waals surface area contributed by atoms with E-state index in [0.717, 1.165) is 28.9 Å². The fourth-order valence-corrected chi connectivity index (χ4v) is 5.11. The summed E-state index contributed by atoms with van der Waals surface area (Å²) in [5.41, 5.74) is 2.43. The van der Waals surface area contributed by atoms with Crippen LogP contribution in [0.5, 0.6) is 0 Å². The van der Waals surface area contributed by atoms with Gasteiger partial charge in [-0.3, -0.25) is 14.4 Å². The Labute approximate surface area is 220 Å². The molecule has 36 heavy (non-hydrogen) atoms. The molecule has 2 aromatic rings. The van der Waals surface area contributed by atoms with E-state index in [-0.39, 0.29) is 27.8 Å². The number of aryl methyl sites for hydroxylation is 1. The molecule has 0 saturated carbocycles. The first-order valence-electron chi connectivity index (χ1n) is 10.6. The number of hydrogen-bond donors (Lipinski definition) is 2. The van der Waals surface area contributed by atoms with E-state index in [9.17, 15) is 24.4 Å². The zero-order valence-electron chi connectivity index (χ0n) is 19.6. The number of amides is 2. The molecule has 2 aromatic carbocycles. The molecule has 0 fully saturated rings. The molecule has 0 radical (unpaired) electrons. The molecular weight excluding hydrogens is 550 g/mol. The summed E-state index contributed by atoms with van der Waals surface area (Å²) in [5.74, 6) is -4.77. The standard InChI is InChI=1S/C25H22BrN3O6S/c1-13-4-9-18(17(26)10-13)28-19(30)12-36-23-16(11-27)20(21(22(31)29-23)25(33)35-3)14-5-7-15(8-6-14)24(32)34-2/h4-10,20-21H,12H2,1-3H3,(H,28,30)(H,29,31)/t20-,21-/m0/s1. The zero-order valence-corrected chi connectivity index (χ0v) is 22.0. The van der Waals surface area contributed by atoms with Crippen molar-refractivity contribution in [1.82, 2.24) is 5.32 Å². The summed E-state index contributed by atoms with van der Waals surface area (Å²) in [6, 6.07) is 13.6. The third-order valence-corrected chi connectivity index (χ3v) is 7.09. The van der Waals surface area contributed by atoms with Crippen molar-refractivity contribution >= 4 is 57.1 Å². The molecule has 0 bridgehead atoms. The predicted molar refractivity (Wildman–Crippen MR) is 137 cm³/mol. The Morgan fingerprint density at radius 1 is 1.14 bits per heavy atom. The third kappa shape index (κ3) is 5.95. The lowest BCUT2D eigenvalue weighted by Crippen LogP contribution is -2.44. The van der Waals surface area contributed by atoms with Gasteiger partial charge < -0.3 is 20.1 Å². The highest BCUT2D eigenvalue weighted by molar-refractivity contribution is 9.10. The molecule has 11 heteroatoms. The molecule has 0 unspecified atom stereocenters. The van der Waals surface area contributed by atoms with Gasteiger partial charge in [-0.1, -0.05) is 30.0 Å². The number of benzene rings is 2. The molecule has 2 atom stereocenters. The number of carbonyl (C=O) groups is 4. The lowest BCUT2D eigenvalue weighted by atomic mass is 9.78. The van der Waals surface area contributed by atoms with Crippen LogP contribution in [0, 0.1) is 24.2 Å². The van der Waals surface area contributed by atoms with Crippen molar-refractivity contribution in [3.8, 4) is 6.07 Å².